The van der Waals surface area contributed by atoms with Crippen molar-refractivity contribution in [2.75, 3.05) is 34.9 Å². The van der Waals surface area contributed by atoms with Gasteiger partial charge in [-0.1, -0.05) is 6.07 Å². The summed E-state index contributed by atoms with van der Waals surface area (Å²) in [7, 11) is 6.94. The van der Waals surface area contributed by atoms with Crippen LogP contribution in [0.3, 0.4) is 0 Å². The molecule has 0 saturated carbocycles. The second kappa shape index (κ2) is 6.99. The molecule has 0 bridgehead atoms. The van der Waals surface area contributed by atoms with E-state index in [0.29, 0.717) is 24.5 Å². The van der Waals surface area contributed by atoms with Gasteiger partial charge in [-0.25, -0.2) is 0 Å². The van der Waals surface area contributed by atoms with E-state index < -0.39 is 11.9 Å². The van der Waals surface area contributed by atoms with E-state index in [9.17, 15) is 9.90 Å². The zero-order valence-electron chi connectivity index (χ0n) is 11.8. The summed E-state index contributed by atoms with van der Waals surface area (Å²) in [6.07, 6.45) is 0.553. The molecule has 0 spiro atoms. The van der Waals surface area contributed by atoms with Crippen LogP contribution in [0.1, 0.15) is 17.9 Å². The van der Waals surface area contributed by atoms with Crippen LogP contribution in [0, 0.1) is 0 Å². The molecule has 1 rings (SSSR count). The molecule has 19 heavy (non-hydrogen) atoms. The maximum atomic E-state index is 11.4. The van der Waals surface area contributed by atoms with Gasteiger partial charge < -0.3 is 19.5 Å². The number of rotatable bonds is 7. The highest BCUT2D eigenvalue weighted by molar-refractivity contribution is 5.76. The molecule has 0 heterocycles. The molecule has 0 aliphatic carbocycles. The zero-order chi connectivity index (χ0) is 14.4. The van der Waals surface area contributed by atoms with Gasteiger partial charge in [0.25, 0.3) is 0 Å². The molecule has 1 N–H and O–H groups in total. The number of aliphatic carboxylic acids is 1. The molecule has 5 heteroatoms. The monoisotopic (exact) mass is 267 g/mol. The Balaban J connectivity index is 2.99. The summed E-state index contributed by atoms with van der Waals surface area (Å²) in [5, 5.41) is 9.34. The number of methoxy groups -OCH3 is 2. The molecule has 0 aromatic heterocycles. The summed E-state index contributed by atoms with van der Waals surface area (Å²) >= 11 is 0. The minimum absolute atomic E-state index is 0.540. The molecule has 0 radical (unpaired) electrons. The smallest absolute Gasteiger partial charge is 0.311 e. The van der Waals surface area contributed by atoms with Gasteiger partial charge in [0.2, 0.25) is 0 Å². The third kappa shape index (κ3) is 4.13. The van der Waals surface area contributed by atoms with Crippen LogP contribution in [-0.4, -0.2) is 50.8 Å². The molecular weight excluding hydrogens is 246 g/mol. The van der Waals surface area contributed by atoms with Crippen molar-refractivity contribution in [1.82, 2.24) is 4.90 Å². The summed E-state index contributed by atoms with van der Waals surface area (Å²) in [6.45, 7) is 0.714. The SMILES string of the molecule is COc1ccc(C(CCN(C)C)C(=O)O)cc1OC. The van der Waals surface area contributed by atoms with Gasteiger partial charge in [-0.3, -0.25) is 4.79 Å². The lowest BCUT2D eigenvalue weighted by Crippen LogP contribution is -2.20. The third-order valence-corrected chi connectivity index (χ3v) is 2.97. The summed E-state index contributed by atoms with van der Waals surface area (Å²) in [4.78, 5) is 13.3. The molecule has 106 valence electrons. The number of carbonyl (C=O) groups is 1. The molecule has 0 aliphatic heterocycles. The van der Waals surface area contributed by atoms with Crippen molar-refractivity contribution < 1.29 is 19.4 Å². The van der Waals surface area contributed by atoms with Crippen molar-refractivity contribution in [2.24, 2.45) is 0 Å². The quantitative estimate of drug-likeness (QED) is 0.816. The lowest BCUT2D eigenvalue weighted by molar-refractivity contribution is -0.139. The summed E-state index contributed by atoms with van der Waals surface area (Å²) < 4.78 is 10.4. The molecule has 0 amide bonds. The van der Waals surface area contributed by atoms with Gasteiger partial charge in [0.15, 0.2) is 11.5 Å². The van der Waals surface area contributed by atoms with Crippen molar-refractivity contribution in [2.45, 2.75) is 12.3 Å². The van der Waals surface area contributed by atoms with Crippen molar-refractivity contribution in [3.63, 3.8) is 0 Å². The molecule has 1 aromatic rings. The van der Waals surface area contributed by atoms with Crippen LogP contribution in [0.15, 0.2) is 18.2 Å². The van der Waals surface area contributed by atoms with Crippen LogP contribution in [0.4, 0.5) is 0 Å². The topological polar surface area (TPSA) is 59.0 Å². The van der Waals surface area contributed by atoms with Gasteiger partial charge in [-0.2, -0.15) is 0 Å². The summed E-state index contributed by atoms with van der Waals surface area (Å²) in [5.74, 6) is -0.213. The Bertz CT molecular complexity index is 431. The van der Waals surface area contributed by atoms with E-state index in [2.05, 4.69) is 0 Å². The van der Waals surface area contributed by atoms with Crippen molar-refractivity contribution in [1.29, 1.82) is 0 Å². The predicted molar refractivity (Wildman–Crippen MR) is 73.1 cm³/mol. The maximum absolute atomic E-state index is 11.4. The first-order chi connectivity index (χ1) is 8.99. The second-order valence-corrected chi connectivity index (χ2v) is 4.60. The predicted octanol–water partition coefficient (Wildman–Crippen LogP) is 1.82. The van der Waals surface area contributed by atoms with Crippen LogP contribution in [0.2, 0.25) is 0 Å². The molecule has 1 unspecified atom stereocenters. The van der Waals surface area contributed by atoms with Gasteiger partial charge in [-0.05, 0) is 44.8 Å². The summed E-state index contributed by atoms with van der Waals surface area (Å²) in [5.41, 5.74) is 0.729. The standard InChI is InChI=1S/C14H21NO4/c1-15(2)8-7-11(14(16)17)10-5-6-12(18-3)13(9-10)19-4/h5-6,9,11H,7-8H2,1-4H3,(H,16,17). The number of ether oxygens (including phenoxy) is 2. The molecule has 0 aliphatic rings. The largest absolute Gasteiger partial charge is 0.493 e. The van der Waals surface area contributed by atoms with E-state index in [1.54, 1.807) is 25.3 Å². The maximum Gasteiger partial charge on any atom is 0.311 e. The number of carboxylic acid groups (broad SMARTS) is 1. The third-order valence-electron chi connectivity index (χ3n) is 2.97. The average Bonchev–Trinajstić information content (AvgIpc) is 2.37. The van der Waals surface area contributed by atoms with Gasteiger partial charge in [0, 0.05) is 0 Å². The fourth-order valence-electron chi connectivity index (χ4n) is 1.89. The number of benzene rings is 1. The Hall–Kier alpha value is -1.75. The average molecular weight is 267 g/mol. The minimum Gasteiger partial charge on any atom is -0.493 e. The Morgan fingerprint density at radius 3 is 2.37 bits per heavy atom. The lowest BCUT2D eigenvalue weighted by Gasteiger charge is -2.17. The number of nitrogens with zero attached hydrogens (tertiary/aromatic N) is 1. The number of carboxylic acids is 1. The first-order valence-corrected chi connectivity index (χ1v) is 6.09. The molecule has 1 aromatic carbocycles. The summed E-state index contributed by atoms with van der Waals surface area (Å²) in [6, 6.07) is 5.24. The van der Waals surface area contributed by atoms with Crippen molar-refractivity contribution in [3.05, 3.63) is 23.8 Å². The lowest BCUT2D eigenvalue weighted by atomic mass is 9.95. The first kappa shape index (κ1) is 15.3. The van der Waals surface area contributed by atoms with Gasteiger partial charge in [0.05, 0.1) is 20.1 Å². The van der Waals surface area contributed by atoms with Crippen LogP contribution >= 0.6 is 0 Å². The van der Waals surface area contributed by atoms with Crippen molar-refractivity contribution >= 4 is 5.97 Å². The van der Waals surface area contributed by atoms with Crippen LogP contribution in [0.5, 0.6) is 11.5 Å². The van der Waals surface area contributed by atoms with Gasteiger partial charge in [-0.15, -0.1) is 0 Å². The van der Waals surface area contributed by atoms with E-state index in [4.69, 9.17) is 9.47 Å². The highest BCUT2D eigenvalue weighted by atomic mass is 16.5. The van der Waals surface area contributed by atoms with Gasteiger partial charge >= 0.3 is 5.97 Å². The molecule has 5 nitrogen and oxygen atoms in total. The Morgan fingerprint density at radius 1 is 1.26 bits per heavy atom. The molecule has 0 saturated heterocycles. The van der Waals surface area contributed by atoms with E-state index in [1.807, 2.05) is 19.0 Å². The Kier molecular flexibility index (Phi) is 5.63. The molecule has 0 fully saturated rings. The normalized spacial score (nSPS) is 12.3. The second-order valence-electron chi connectivity index (χ2n) is 4.60. The van der Waals surface area contributed by atoms with E-state index in [0.717, 1.165) is 5.56 Å². The minimum atomic E-state index is -0.825. The van der Waals surface area contributed by atoms with E-state index in [1.165, 1.54) is 7.11 Å². The van der Waals surface area contributed by atoms with E-state index >= 15 is 0 Å². The van der Waals surface area contributed by atoms with E-state index in [-0.39, 0.29) is 0 Å². The van der Waals surface area contributed by atoms with Crippen LogP contribution < -0.4 is 9.47 Å². The van der Waals surface area contributed by atoms with Crippen molar-refractivity contribution in [3.8, 4) is 11.5 Å². The van der Waals surface area contributed by atoms with Gasteiger partial charge in [0.1, 0.15) is 0 Å². The highest BCUT2D eigenvalue weighted by Crippen LogP contribution is 2.31. The molecular formula is C14H21NO4. The highest BCUT2D eigenvalue weighted by Gasteiger charge is 2.21. The number of hydrogen-bond donors (Lipinski definition) is 1. The molecule has 1 atom stereocenters. The fraction of sp³-hybridized carbons (Fsp3) is 0.500. The number of hydrogen-bond acceptors (Lipinski definition) is 4. The Labute approximate surface area is 113 Å². The zero-order valence-corrected chi connectivity index (χ0v) is 11.8. The van der Waals surface area contributed by atoms with Crippen LogP contribution in [0.25, 0.3) is 0 Å². The van der Waals surface area contributed by atoms with Crippen LogP contribution in [-0.2, 0) is 4.79 Å². The fourth-order valence-corrected chi connectivity index (χ4v) is 1.89. The Morgan fingerprint density at radius 2 is 1.89 bits per heavy atom. The first-order valence-electron chi connectivity index (χ1n) is 6.09.